The maximum Gasteiger partial charge on any atom is 0.339 e. The standard InChI is InChI=1S/C17H19NO6S/c1-21-13-6-11(7-14(22-2)16(13)23-3)8-18-15(19)9-24-17(20)12-4-5-25-10-12/h4-7,10H,8-9H2,1-3H3,(H,18,19). The van der Waals surface area contributed by atoms with E-state index in [1.54, 1.807) is 29.0 Å². The Morgan fingerprint density at radius 1 is 1.08 bits per heavy atom. The van der Waals surface area contributed by atoms with Crippen molar-refractivity contribution < 1.29 is 28.5 Å². The molecule has 1 amide bonds. The molecule has 1 heterocycles. The van der Waals surface area contributed by atoms with E-state index in [9.17, 15) is 9.59 Å². The van der Waals surface area contributed by atoms with Crippen LogP contribution in [0.1, 0.15) is 15.9 Å². The predicted molar refractivity (Wildman–Crippen MR) is 92.5 cm³/mol. The highest BCUT2D eigenvalue weighted by atomic mass is 32.1. The molecular weight excluding hydrogens is 346 g/mol. The number of carbonyl (C=O) groups excluding carboxylic acids is 2. The van der Waals surface area contributed by atoms with Gasteiger partial charge in [-0.05, 0) is 29.1 Å². The second kappa shape index (κ2) is 8.93. The van der Waals surface area contributed by atoms with E-state index in [1.165, 1.54) is 32.7 Å². The highest BCUT2D eigenvalue weighted by Crippen LogP contribution is 2.38. The zero-order chi connectivity index (χ0) is 18.2. The lowest BCUT2D eigenvalue weighted by atomic mass is 10.1. The van der Waals surface area contributed by atoms with Crippen molar-refractivity contribution in [1.29, 1.82) is 0 Å². The summed E-state index contributed by atoms with van der Waals surface area (Å²) < 4.78 is 20.7. The number of hydrogen-bond donors (Lipinski definition) is 1. The Hall–Kier alpha value is -2.74. The first-order chi connectivity index (χ1) is 12.1. The molecule has 25 heavy (non-hydrogen) atoms. The van der Waals surface area contributed by atoms with E-state index < -0.39 is 11.9 Å². The summed E-state index contributed by atoms with van der Waals surface area (Å²) in [6.07, 6.45) is 0. The molecule has 0 unspecified atom stereocenters. The first kappa shape index (κ1) is 18.6. The van der Waals surface area contributed by atoms with Crippen molar-refractivity contribution >= 4 is 23.2 Å². The van der Waals surface area contributed by atoms with Crippen molar-refractivity contribution in [3.63, 3.8) is 0 Å². The minimum atomic E-state index is -0.524. The summed E-state index contributed by atoms with van der Waals surface area (Å²) in [5.74, 6) is 0.538. The Balaban J connectivity index is 1.92. The molecule has 134 valence electrons. The molecule has 7 nitrogen and oxygen atoms in total. The van der Waals surface area contributed by atoms with E-state index >= 15 is 0 Å². The summed E-state index contributed by atoms with van der Waals surface area (Å²) in [5, 5.41) is 6.10. The van der Waals surface area contributed by atoms with E-state index in [0.717, 1.165) is 5.56 Å². The third-order valence-electron chi connectivity index (χ3n) is 3.31. The van der Waals surface area contributed by atoms with Gasteiger partial charge in [0.15, 0.2) is 18.1 Å². The van der Waals surface area contributed by atoms with E-state index in [1.807, 2.05) is 0 Å². The van der Waals surface area contributed by atoms with Gasteiger partial charge in [-0.15, -0.1) is 0 Å². The monoisotopic (exact) mass is 365 g/mol. The fourth-order valence-electron chi connectivity index (χ4n) is 2.08. The number of esters is 1. The summed E-state index contributed by atoms with van der Waals surface area (Å²) in [5.41, 5.74) is 1.19. The normalized spacial score (nSPS) is 10.0. The van der Waals surface area contributed by atoms with Crippen LogP contribution >= 0.6 is 11.3 Å². The first-order valence-corrected chi connectivity index (χ1v) is 8.28. The molecule has 0 radical (unpaired) electrons. The number of ether oxygens (including phenoxy) is 4. The zero-order valence-corrected chi connectivity index (χ0v) is 15.0. The quantitative estimate of drug-likeness (QED) is 0.723. The van der Waals surface area contributed by atoms with Gasteiger partial charge < -0.3 is 24.3 Å². The highest BCUT2D eigenvalue weighted by molar-refractivity contribution is 7.08. The van der Waals surface area contributed by atoms with Gasteiger partial charge in [-0.25, -0.2) is 4.79 Å². The summed E-state index contributed by atoms with van der Waals surface area (Å²) in [6.45, 7) is -0.120. The van der Waals surface area contributed by atoms with Crippen LogP contribution in [0.4, 0.5) is 0 Å². The van der Waals surface area contributed by atoms with Crippen LogP contribution in [0.5, 0.6) is 17.2 Å². The molecule has 1 N–H and O–H groups in total. The molecule has 0 aliphatic heterocycles. The van der Waals surface area contributed by atoms with Crippen LogP contribution in [-0.4, -0.2) is 39.8 Å². The van der Waals surface area contributed by atoms with Crippen LogP contribution in [0.15, 0.2) is 29.0 Å². The average molecular weight is 365 g/mol. The molecule has 2 rings (SSSR count). The molecule has 0 fully saturated rings. The van der Waals surface area contributed by atoms with Crippen LogP contribution in [0, 0.1) is 0 Å². The third-order valence-corrected chi connectivity index (χ3v) is 3.99. The van der Waals surface area contributed by atoms with Crippen molar-refractivity contribution in [1.82, 2.24) is 5.32 Å². The number of hydrogen-bond acceptors (Lipinski definition) is 7. The molecule has 0 bridgehead atoms. The number of amides is 1. The lowest BCUT2D eigenvalue weighted by Crippen LogP contribution is -2.28. The smallest absolute Gasteiger partial charge is 0.339 e. The van der Waals surface area contributed by atoms with Gasteiger partial charge in [0.05, 0.1) is 26.9 Å². The molecule has 0 aliphatic rings. The maximum atomic E-state index is 11.8. The third kappa shape index (κ3) is 4.87. The second-order valence-electron chi connectivity index (χ2n) is 4.90. The van der Waals surface area contributed by atoms with Crippen molar-refractivity contribution in [2.24, 2.45) is 0 Å². The highest BCUT2D eigenvalue weighted by Gasteiger charge is 2.14. The van der Waals surface area contributed by atoms with Gasteiger partial charge >= 0.3 is 5.97 Å². The molecular formula is C17H19NO6S. The average Bonchev–Trinajstić information content (AvgIpc) is 3.18. The second-order valence-corrected chi connectivity index (χ2v) is 5.68. The number of rotatable bonds is 8. The van der Waals surface area contributed by atoms with Gasteiger partial charge in [-0.3, -0.25) is 4.79 Å². The fraction of sp³-hybridized carbons (Fsp3) is 0.294. The number of methoxy groups -OCH3 is 3. The lowest BCUT2D eigenvalue weighted by Gasteiger charge is -2.14. The van der Waals surface area contributed by atoms with Crippen LogP contribution in [0.25, 0.3) is 0 Å². The van der Waals surface area contributed by atoms with Crippen LogP contribution in [0.3, 0.4) is 0 Å². The van der Waals surface area contributed by atoms with Crippen molar-refractivity contribution in [2.75, 3.05) is 27.9 Å². The van der Waals surface area contributed by atoms with E-state index in [-0.39, 0.29) is 13.2 Å². The van der Waals surface area contributed by atoms with Gasteiger partial charge in [0, 0.05) is 11.9 Å². The minimum Gasteiger partial charge on any atom is -0.493 e. The Morgan fingerprint density at radius 3 is 2.28 bits per heavy atom. The van der Waals surface area contributed by atoms with Crippen molar-refractivity contribution in [2.45, 2.75) is 6.54 Å². The van der Waals surface area contributed by atoms with E-state index in [0.29, 0.717) is 22.8 Å². The first-order valence-electron chi connectivity index (χ1n) is 7.34. The van der Waals surface area contributed by atoms with Gasteiger partial charge in [-0.2, -0.15) is 11.3 Å². The minimum absolute atomic E-state index is 0.228. The molecule has 0 atom stereocenters. The van der Waals surface area contributed by atoms with E-state index in [2.05, 4.69) is 5.32 Å². The van der Waals surface area contributed by atoms with Crippen LogP contribution in [0.2, 0.25) is 0 Å². The molecule has 2 aromatic rings. The lowest BCUT2D eigenvalue weighted by molar-refractivity contribution is -0.124. The predicted octanol–water partition coefficient (Wildman–Crippen LogP) is 2.25. The molecule has 0 spiro atoms. The number of thiophene rings is 1. The molecule has 0 saturated carbocycles. The molecule has 0 saturated heterocycles. The maximum absolute atomic E-state index is 11.8. The summed E-state index contributed by atoms with van der Waals surface area (Å²) in [7, 11) is 4.55. The molecule has 0 aliphatic carbocycles. The van der Waals surface area contributed by atoms with Gasteiger partial charge in [-0.1, -0.05) is 0 Å². The van der Waals surface area contributed by atoms with Crippen molar-refractivity contribution in [3.8, 4) is 17.2 Å². The fourth-order valence-corrected chi connectivity index (χ4v) is 2.71. The van der Waals surface area contributed by atoms with Crippen LogP contribution in [-0.2, 0) is 16.1 Å². The van der Waals surface area contributed by atoms with E-state index in [4.69, 9.17) is 18.9 Å². The van der Waals surface area contributed by atoms with Gasteiger partial charge in [0.25, 0.3) is 5.91 Å². The summed E-state index contributed by atoms with van der Waals surface area (Å²) in [4.78, 5) is 23.5. The summed E-state index contributed by atoms with van der Waals surface area (Å²) in [6, 6.07) is 5.11. The van der Waals surface area contributed by atoms with Crippen LogP contribution < -0.4 is 19.5 Å². The number of carbonyl (C=O) groups is 2. The largest absolute Gasteiger partial charge is 0.493 e. The molecule has 1 aromatic heterocycles. The van der Waals surface area contributed by atoms with Gasteiger partial charge in [0.1, 0.15) is 0 Å². The van der Waals surface area contributed by atoms with Gasteiger partial charge in [0.2, 0.25) is 5.75 Å². The molecule has 8 heteroatoms. The number of benzene rings is 1. The molecule has 1 aromatic carbocycles. The van der Waals surface area contributed by atoms with Crippen molar-refractivity contribution in [3.05, 3.63) is 40.1 Å². The Labute approximate surface area is 149 Å². The Morgan fingerprint density at radius 2 is 1.76 bits per heavy atom. The number of nitrogens with one attached hydrogen (secondary N) is 1. The SMILES string of the molecule is COc1cc(CNC(=O)COC(=O)c2ccsc2)cc(OC)c1OC. The zero-order valence-electron chi connectivity index (χ0n) is 14.2. The Kier molecular flexibility index (Phi) is 6.64. The summed E-state index contributed by atoms with van der Waals surface area (Å²) >= 11 is 1.38. The topological polar surface area (TPSA) is 83.1 Å². The Bertz CT molecular complexity index is 704.